The average molecular weight is 459 g/mol. The second-order valence-corrected chi connectivity index (χ2v) is 9.09. The van der Waals surface area contributed by atoms with Gasteiger partial charge in [-0.05, 0) is 44.4 Å². The largest absolute Gasteiger partial charge is 0.464 e. The number of rotatable bonds is 6. The zero-order valence-corrected chi connectivity index (χ0v) is 19.5. The molecule has 0 saturated heterocycles. The Morgan fingerprint density at radius 3 is 2.56 bits per heavy atom. The van der Waals surface area contributed by atoms with Gasteiger partial charge in [0.25, 0.3) is 0 Å². The van der Waals surface area contributed by atoms with Crippen LogP contribution in [0.1, 0.15) is 54.4 Å². The summed E-state index contributed by atoms with van der Waals surface area (Å²) in [4.78, 5) is 31.3. The van der Waals surface area contributed by atoms with Crippen molar-refractivity contribution in [3.05, 3.63) is 59.9 Å². The summed E-state index contributed by atoms with van der Waals surface area (Å²) in [6, 6.07) is 7.33. The van der Waals surface area contributed by atoms with Crippen molar-refractivity contribution >= 4 is 28.5 Å². The monoisotopic (exact) mass is 458 g/mol. The number of carbonyl (C=O) groups excluding carboxylic acids is 1. The highest BCUT2D eigenvalue weighted by Crippen LogP contribution is 2.44. The number of nitrogens with zero attached hydrogens (tertiary/aromatic N) is 5. The number of hydrogen-bond acceptors (Lipinski definition) is 8. The van der Waals surface area contributed by atoms with Crippen LogP contribution in [0.25, 0.3) is 22.3 Å². The van der Waals surface area contributed by atoms with Gasteiger partial charge in [0.15, 0.2) is 11.5 Å². The summed E-state index contributed by atoms with van der Waals surface area (Å²) in [5.41, 5.74) is 4.41. The van der Waals surface area contributed by atoms with Gasteiger partial charge in [-0.3, -0.25) is 4.98 Å². The maximum absolute atomic E-state index is 12.7. The number of carbonyl (C=O) groups is 1. The predicted molar refractivity (Wildman–Crippen MR) is 128 cm³/mol. The minimum atomic E-state index is -0.948. The van der Waals surface area contributed by atoms with E-state index in [0.717, 1.165) is 46.4 Å². The van der Waals surface area contributed by atoms with Crippen molar-refractivity contribution < 1.29 is 14.6 Å². The van der Waals surface area contributed by atoms with E-state index >= 15 is 0 Å². The minimum Gasteiger partial charge on any atom is -0.464 e. The van der Waals surface area contributed by atoms with E-state index in [1.807, 2.05) is 35.9 Å². The second-order valence-electron chi connectivity index (χ2n) is 9.09. The molecule has 34 heavy (non-hydrogen) atoms. The Labute approximate surface area is 196 Å². The first-order valence-corrected chi connectivity index (χ1v) is 11.1. The fourth-order valence-corrected chi connectivity index (χ4v) is 3.93. The molecule has 9 nitrogen and oxygen atoms in total. The fraction of sp³-hybridized carbons (Fsp3) is 0.320. The van der Waals surface area contributed by atoms with E-state index in [-0.39, 0.29) is 11.6 Å². The molecular weight excluding hydrogens is 432 g/mol. The number of aromatic nitrogens is 5. The third-order valence-electron chi connectivity index (χ3n) is 6.01. The molecule has 0 unspecified atom stereocenters. The fourth-order valence-electron chi connectivity index (χ4n) is 3.93. The van der Waals surface area contributed by atoms with Gasteiger partial charge in [-0.15, -0.1) is 0 Å². The van der Waals surface area contributed by atoms with Crippen LogP contribution in [0.5, 0.6) is 0 Å². The Morgan fingerprint density at radius 2 is 1.91 bits per heavy atom. The summed E-state index contributed by atoms with van der Waals surface area (Å²) in [7, 11) is 3.23. The Bertz CT molecular complexity index is 1380. The van der Waals surface area contributed by atoms with Crippen molar-refractivity contribution in [2.24, 2.45) is 7.05 Å². The molecule has 3 aromatic heterocycles. The van der Waals surface area contributed by atoms with Gasteiger partial charge in [-0.25, -0.2) is 19.7 Å². The molecule has 5 rings (SSSR count). The van der Waals surface area contributed by atoms with Crippen molar-refractivity contribution in [2.75, 3.05) is 12.4 Å². The number of esters is 1. The number of aliphatic hydroxyl groups is 1. The Kier molecular flexibility index (Phi) is 5.28. The van der Waals surface area contributed by atoms with Crippen LogP contribution in [-0.4, -0.2) is 42.7 Å². The summed E-state index contributed by atoms with van der Waals surface area (Å²) in [5, 5.41) is 13.4. The molecule has 0 radical (unpaired) electrons. The lowest BCUT2D eigenvalue weighted by atomic mass is 9.98. The predicted octanol–water partition coefficient (Wildman–Crippen LogP) is 4.06. The number of methoxy groups -OCH3 is 1. The minimum absolute atomic E-state index is 0.0846. The van der Waals surface area contributed by atoms with Crippen LogP contribution in [-0.2, 0) is 17.4 Å². The van der Waals surface area contributed by atoms with Gasteiger partial charge in [0.1, 0.15) is 5.52 Å². The zero-order chi connectivity index (χ0) is 24.0. The first kappa shape index (κ1) is 22.0. The number of imidazole rings is 1. The van der Waals surface area contributed by atoms with Crippen LogP contribution in [0.2, 0.25) is 0 Å². The Balaban J connectivity index is 1.63. The maximum Gasteiger partial charge on any atom is 0.360 e. The quantitative estimate of drug-likeness (QED) is 0.416. The van der Waals surface area contributed by atoms with Gasteiger partial charge in [0.05, 0.1) is 42.1 Å². The van der Waals surface area contributed by atoms with Crippen LogP contribution < -0.4 is 5.32 Å². The van der Waals surface area contributed by atoms with E-state index in [2.05, 4.69) is 15.3 Å². The number of aryl methyl sites for hydroxylation is 1. The van der Waals surface area contributed by atoms with E-state index in [1.165, 1.54) is 7.11 Å². The van der Waals surface area contributed by atoms with Gasteiger partial charge in [0, 0.05) is 30.4 Å². The highest BCUT2D eigenvalue weighted by Gasteiger charge is 2.32. The van der Waals surface area contributed by atoms with Crippen molar-refractivity contribution in [3.8, 4) is 11.3 Å². The van der Waals surface area contributed by atoms with Crippen LogP contribution >= 0.6 is 0 Å². The van der Waals surface area contributed by atoms with Crippen LogP contribution in [0, 0.1) is 0 Å². The van der Waals surface area contributed by atoms with Crippen molar-refractivity contribution in [3.63, 3.8) is 0 Å². The van der Waals surface area contributed by atoms with Crippen molar-refractivity contribution in [1.82, 2.24) is 24.5 Å². The smallest absolute Gasteiger partial charge is 0.360 e. The first-order chi connectivity index (χ1) is 16.3. The molecule has 0 amide bonds. The molecule has 1 aliphatic rings. The third-order valence-corrected chi connectivity index (χ3v) is 6.01. The molecule has 1 aromatic carbocycles. The Morgan fingerprint density at radius 1 is 1.18 bits per heavy atom. The molecular formula is C25H26N6O3. The number of benzene rings is 1. The van der Waals surface area contributed by atoms with Gasteiger partial charge in [-0.2, -0.15) is 0 Å². The van der Waals surface area contributed by atoms with Gasteiger partial charge in [-0.1, -0.05) is 12.1 Å². The van der Waals surface area contributed by atoms with Gasteiger partial charge in [0.2, 0.25) is 0 Å². The van der Waals surface area contributed by atoms with E-state index in [4.69, 9.17) is 14.7 Å². The summed E-state index contributed by atoms with van der Waals surface area (Å²) in [5.74, 6) is -0.00573. The SMILES string of the molecule is COC(=O)c1nc(-c2cncc3c2ncn3C)c(C2CC2)nc1Nc1ccc(C(C)(C)O)cc1. The number of hydrogen-bond donors (Lipinski definition) is 2. The van der Waals surface area contributed by atoms with Crippen LogP contribution in [0.15, 0.2) is 43.0 Å². The van der Waals surface area contributed by atoms with E-state index in [9.17, 15) is 9.90 Å². The van der Waals surface area contributed by atoms with E-state index < -0.39 is 11.6 Å². The highest BCUT2D eigenvalue weighted by molar-refractivity contribution is 5.96. The summed E-state index contributed by atoms with van der Waals surface area (Å²) in [6.45, 7) is 3.46. The number of pyridine rings is 1. The summed E-state index contributed by atoms with van der Waals surface area (Å²) < 4.78 is 6.92. The molecule has 0 aliphatic heterocycles. The molecule has 1 saturated carbocycles. The standard InChI is InChI=1S/C25H26N6O3/c1-25(2,33)15-7-9-16(10-8-15)28-23-22(24(32)34-4)29-21(19(30-23)14-5-6-14)17-11-26-12-18-20(17)27-13-31(18)3/h7-14,33H,5-6H2,1-4H3,(H,28,30). The average Bonchev–Trinajstić information content (AvgIpc) is 3.60. The van der Waals surface area contributed by atoms with E-state index in [1.54, 1.807) is 32.6 Å². The first-order valence-electron chi connectivity index (χ1n) is 11.1. The van der Waals surface area contributed by atoms with Crippen LogP contribution in [0.3, 0.4) is 0 Å². The summed E-state index contributed by atoms with van der Waals surface area (Å²) in [6.07, 6.45) is 7.21. The number of nitrogens with one attached hydrogen (secondary N) is 1. The molecule has 1 fully saturated rings. The lowest BCUT2D eigenvalue weighted by molar-refractivity contribution is 0.0594. The molecule has 3 heterocycles. The molecule has 9 heteroatoms. The molecule has 0 bridgehead atoms. The molecule has 2 N–H and O–H groups in total. The second kappa shape index (κ2) is 8.18. The number of fused-ring (bicyclic) bond motifs is 1. The van der Waals surface area contributed by atoms with Crippen LogP contribution in [0.4, 0.5) is 11.5 Å². The molecule has 4 aromatic rings. The molecule has 174 valence electrons. The van der Waals surface area contributed by atoms with Gasteiger partial charge >= 0.3 is 5.97 Å². The zero-order valence-electron chi connectivity index (χ0n) is 19.5. The molecule has 1 aliphatic carbocycles. The normalized spacial score (nSPS) is 13.8. The lowest BCUT2D eigenvalue weighted by Gasteiger charge is -2.18. The van der Waals surface area contributed by atoms with Crippen molar-refractivity contribution in [1.29, 1.82) is 0 Å². The Hall–Kier alpha value is -3.85. The van der Waals surface area contributed by atoms with E-state index in [0.29, 0.717) is 11.5 Å². The van der Waals surface area contributed by atoms with Crippen molar-refractivity contribution in [2.45, 2.75) is 38.2 Å². The van der Waals surface area contributed by atoms with Gasteiger partial charge < -0.3 is 19.7 Å². The topological polar surface area (TPSA) is 115 Å². The molecule has 0 atom stereocenters. The number of ether oxygens (including phenoxy) is 1. The molecule has 0 spiro atoms. The number of anilines is 2. The highest BCUT2D eigenvalue weighted by atomic mass is 16.5. The lowest BCUT2D eigenvalue weighted by Crippen LogP contribution is -2.15. The summed E-state index contributed by atoms with van der Waals surface area (Å²) >= 11 is 0. The third kappa shape index (κ3) is 3.99. The maximum atomic E-state index is 12.7.